The summed E-state index contributed by atoms with van der Waals surface area (Å²) in [5.74, 6) is 0. The van der Waals surface area contributed by atoms with Crippen LogP contribution < -0.4 is 5.46 Å². The highest BCUT2D eigenvalue weighted by molar-refractivity contribution is 6.32. The fraction of sp³-hybridized carbons (Fsp3) is 0.273. The van der Waals surface area contributed by atoms with E-state index in [2.05, 4.69) is 6.07 Å². The van der Waals surface area contributed by atoms with Gasteiger partial charge in [-0.15, -0.1) is 0 Å². The number of nitrogens with zero attached hydrogens (tertiary/aromatic N) is 1. The first kappa shape index (κ1) is 9.02. The number of hydrogen-bond donors (Lipinski definition) is 0. The summed E-state index contributed by atoms with van der Waals surface area (Å²) in [5.41, 5.74) is 1.60. The Morgan fingerprint density at radius 2 is 2.14 bits per heavy atom. The van der Waals surface area contributed by atoms with Gasteiger partial charge in [-0.2, -0.15) is 5.26 Å². The Balaban J connectivity index is 2.50. The standard InChI is InChI=1S/C11H8BNO/c12-10-4-8(6-14)3-9(5-10)11(7-13)1-2-11/h3-6H,1-2H2. The van der Waals surface area contributed by atoms with Gasteiger partial charge in [-0.3, -0.25) is 4.79 Å². The van der Waals surface area contributed by atoms with Crippen molar-refractivity contribution < 1.29 is 4.79 Å². The third-order valence-corrected chi connectivity index (χ3v) is 2.63. The molecule has 0 unspecified atom stereocenters. The molecule has 0 atom stereocenters. The van der Waals surface area contributed by atoms with Crippen LogP contribution in [0.15, 0.2) is 18.2 Å². The second kappa shape index (κ2) is 2.99. The Morgan fingerprint density at radius 1 is 1.43 bits per heavy atom. The third kappa shape index (κ3) is 1.33. The minimum absolute atomic E-state index is 0.368. The van der Waals surface area contributed by atoms with E-state index in [-0.39, 0.29) is 5.41 Å². The van der Waals surface area contributed by atoms with Crippen LogP contribution in [-0.2, 0) is 5.41 Å². The van der Waals surface area contributed by atoms with Crippen molar-refractivity contribution in [3.8, 4) is 6.07 Å². The minimum Gasteiger partial charge on any atom is -0.298 e. The van der Waals surface area contributed by atoms with Crippen LogP contribution in [0.25, 0.3) is 0 Å². The Bertz CT molecular complexity index is 429. The van der Waals surface area contributed by atoms with Gasteiger partial charge >= 0.3 is 0 Å². The van der Waals surface area contributed by atoms with E-state index >= 15 is 0 Å². The van der Waals surface area contributed by atoms with Crippen molar-refractivity contribution >= 4 is 19.6 Å². The first-order chi connectivity index (χ1) is 6.70. The first-order valence-corrected chi connectivity index (χ1v) is 4.48. The molecule has 0 N–H and O–H groups in total. The third-order valence-electron chi connectivity index (χ3n) is 2.63. The van der Waals surface area contributed by atoms with Crippen molar-refractivity contribution in [3.63, 3.8) is 0 Å². The van der Waals surface area contributed by atoms with E-state index in [0.717, 1.165) is 24.7 Å². The van der Waals surface area contributed by atoms with Crippen molar-refractivity contribution in [1.29, 1.82) is 5.26 Å². The van der Waals surface area contributed by atoms with E-state index in [1.54, 1.807) is 18.2 Å². The molecule has 1 aliphatic carbocycles. The molecular weight excluding hydrogens is 173 g/mol. The van der Waals surface area contributed by atoms with Gasteiger partial charge < -0.3 is 0 Å². The maximum Gasteiger partial charge on any atom is 0.150 e. The molecule has 14 heavy (non-hydrogen) atoms. The summed E-state index contributed by atoms with van der Waals surface area (Å²) in [6.07, 6.45) is 2.49. The van der Waals surface area contributed by atoms with Gasteiger partial charge in [0.05, 0.1) is 11.5 Å². The average Bonchev–Trinajstić information content (AvgIpc) is 2.97. The van der Waals surface area contributed by atoms with Crippen LogP contribution >= 0.6 is 0 Å². The summed E-state index contributed by atoms with van der Waals surface area (Å²) in [4.78, 5) is 10.6. The second-order valence-corrected chi connectivity index (χ2v) is 3.70. The van der Waals surface area contributed by atoms with Crippen LogP contribution in [-0.4, -0.2) is 14.1 Å². The van der Waals surface area contributed by atoms with Gasteiger partial charge in [0.2, 0.25) is 0 Å². The SMILES string of the molecule is [B]c1cc(C=O)cc(C2(C#N)CC2)c1. The van der Waals surface area contributed by atoms with Gasteiger partial charge in [0.1, 0.15) is 14.1 Å². The number of hydrogen-bond acceptors (Lipinski definition) is 2. The Hall–Kier alpha value is -1.56. The monoisotopic (exact) mass is 181 g/mol. The molecule has 2 nitrogen and oxygen atoms in total. The highest BCUT2D eigenvalue weighted by atomic mass is 16.1. The van der Waals surface area contributed by atoms with E-state index < -0.39 is 0 Å². The van der Waals surface area contributed by atoms with Crippen molar-refractivity contribution in [3.05, 3.63) is 29.3 Å². The van der Waals surface area contributed by atoms with Crippen molar-refractivity contribution in [2.24, 2.45) is 0 Å². The zero-order valence-electron chi connectivity index (χ0n) is 7.66. The molecule has 0 spiro atoms. The average molecular weight is 181 g/mol. The van der Waals surface area contributed by atoms with Crippen LogP contribution in [0, 0.1) is 11.3 Å². The lowest BCUT2D eigenvalue weighted by atomic mass is 9.87. The molecule has 0 aliphatic heterocycles. The number of carbonyl (C=O) groups excluding carboxylic acids is 1. The molecule has 3 heteroatoms. The number of aldehydes is 1. The highest BCUT2D eigenvalue weighted by Crippen LogP contribution is 2.47. The molecule has 1 aromatic carbocycles. The first-order valence-electron chi connectivity index (χ1n) is 4.48. The molecular formula is C11H8BNO. The zero-order chi connectivity index (χ0) is 10.2. The summed E-state index contributed by atoms with van der Waals surface area (Å²) in [6, 6.07) is 7.42. The van der Waals surface area contributed by atoms with Crippen LogP contribution in [0.1, 0.15) is 28.8 Å². The highest BCUT2D eigenvalue weighted by Gasteiger charge is 2.44. The van der Waals surface area contributed by atoms with Gasteiger partial charge in [0.15, 0.2) is 0 Å². The number of rotatable bonds is 2. The summed E-state index contributed by atoms with van der Waals surface area (Å²) in [6.45, 7) is 0. The van der Waals surface area contributed by atoms with E-state index in [0.29, 0.717) is 11.0 Å². The van der Waals surface area contributed by atoms with E-state index in [1.165, 1.54) is 0 Å². The molecule has 1 aromatic rings. The summed E-state index contributed by atoms with van der Waals surface area (Å²) < 4.78 is 0. The Labute approximate surface area is 84.0 Å². The summed E-state index contributed by atoms with van der Waals surface area (Å²) in [7, 11) is 5.65. The van der Waals surface area contributed by atoms with Crippen LogP contribution in [0.4, 0.5) is 0 Å². The topological polar surface area (TPSA) is 40.9 Å². The van der Waals surface area contributed by atoms with Gasteiger partial charge in [-0.25, -0.2) is 0 Å². The van der Waals surface area contributed by atoms with Crippen molar-refractivity contribution in [1.82, 2.24) is 0 Å². The minimum atomic E-state index is -0.368. The smallest absolute Gasteiger partial charge is 0.150 e. The molecule has 0 heterocycles. The number of nitriles is 1. The molecule has 0 aromatic heterocycles. The van der Waals surface area contributed by atoms with E-state index in [4.69, 9.17) is 13.1 Å². The van der Waals surface area contributed by atoms with Crippen molar-refractivity contribution in [2.45, 2.75) is 18.3 Å². The molecule has 1 fully saturated rings. The Morgan fingerprint density at radius 3 is 2.64 bits per heavy atom. The van der Waals surface area contributed by atoms with Crippen LogP contribution in [0.2, 0.25) is 0 Å². The molecule has 66 valence electrons. The molecule has 1 saturated carbocycles. The molecule has 0 saturated heterocycles. The van der Waals surface area contributed by atoms with Gasteiger partial charge in [-0.05, 0) is 24.5 Å². The Kier molecular flexibility index (Phi) is 1.92. The fourth-order valence-electron chi connectivity index (χ4n) is 1.61. The van der Waals surface area contributed by atoms with Crippen molar-refractivity contribution in [2.75, 3.05) is 0 Å². The fourth-order valence-corrected chi connectivity index (χ4v) is 1.61. The predicted molar refractivity (Wildman–Crippen MR) is 53.7 cm³/mol. The van der Waals surface area contributed by atoms with E-state index in [9.17, 15) is 4.79 Å². The number of benzene rings is 1. The maximum atomic E-state index is 10.6. The molecule has 0 amide bonds. The van der Waals surface area contributed by atoms with Crippen LogP contribution in [0.3, 0.4) is 0 Å². The molecule has 0 bridgehead atoms. The van der Waals surface area contributed by atoms with Gasteiger partial charge in [0.25, 0.3) is 0 Å². The molecule has 1 aliphatic rings. The van der Waals surface area contributed by atoms with Crippen LogP contribution in [0.5, 0.6) is 0 Å². The lowest BCUT2D eigenvalue weighted by molar-refractivity contribution is 0.112. The lowest BCUT2D eigenvalue weighted by Gasteiger charge is -2.08. The van der Waals surface area contributed by atoms with Gasteiger partial charge in [0, 0.05) is 5.56 Å². The summed E-state index contributed by atoms with van der Waals surface area (Å²) >= 11 is 0. The molecule has 2 rings (SSSR count). The lowest BCUT2D eigenvalue weighted by Crippen LogP contribution is -2.11. The largest absolute Gasteiger partial charge is 0.298 e. The predicted octanol–water partition coefficient (Wildman–Crippen LogP) is 0.848. The number of carbonyl (C=O) groups is 1. The summed E-state index contributed by atoms with van der Waals surface area (Å²) in [5, 5.41) is 8.99. The zero-order valence-corrected chi connectivity index (χ0v) is 7.66. The normalized spacial score (nSPS) is 17.1. The maximum absolute atomic E-state index is 10.6. The quantitative estimate of drug-likeness (QED) is 0.501. The molecule has 2 radical (unpaired) electrons. The second-order valence-electron chi connectivity index (χ2n) is 3.70. The van der Waals surface area contributed by atoms with Gasteiger partial charge in [-0.1, -0.05) is 17.6 Å². The van der Waals surface area contributed by atoms with E-state index in [1.807, 2.05) is 0 Å².